The Kier molecular flexibility index (Phi) is 7.45. The number of pyridine rings is 1. The molecule has 2 heterocycles. The molecule has 0 bridgehead atoms. The van der Waals surface area contributed by atoms with Crippen LogP contribution in [0.4, 0.5) is 14.5 Å². The van der Waals surface area contributed by atoms with Gasteiger partial charge in [-0.1, -0.05) is 43.5 Å². The van der Waals surface area contributed by atoms with Crippen LogP contribution in [0.15, 0.2) is 65.7 Å². The molecule has 2 aromatic carbocycles. The number of sulfonamides is 1. The first-order valence-corrected chi connectivity index (χ1v) is 14.2. The lowest BCUT2D eigenvalue weighted by Crippen LogP contribution is -2.59. The number of phenols is 1. The van der Waals surface area contributed by atoms with Gasteiger partial charge in [-0.15, -0.1) is 0 Å². The fourth-order valence-corrected chi connectivity index (χ4v) is 6.89. The molecule has 5 rings (SSSR count). The van der Waals surface area contributed by atoms with Gasteiger partial charge in [0, 0.05) is 30.6 Å². The Bertz CT molecular complexity index is 1410. The lowest BCUT2D eigenvalue weighted by Gasteiger charge is -2.41. The lowest BCUT2D eigenvalue weighted by atomic mass is 9.85. The van der Waals surface area contributed by atoms with Crippen molar-refractivity contribution in [2.45, 2.75) is 61.9 Å². The number of nitrogens with zero attached hydrogens (tertiary/aromatic N) is 3. The highest BCUT2D eigenvalue weighted by Crippen LogP contribution is 2.34. The van der Waals surface area contributed by atoms with Gasteiger partial charge < -0.3 is 10.0 Å². The van der Waals surface area contributed by atoms with Crippen LogP contribution in [0.5, 0.6) is 5.75 Å². The second-order valence-electron chi connectivity index (χ2n) is 9.83. The first-order valence-electron chi connectivity index (χ1n) is 12.8. The van der Waals surface area contributed by atoms with Crippen LogP contribution in [0.25, 0.3) is 0 Å². The van der Waals surface area contributed by atoms with Gasteiger partial charge >= 0.3 is 0 Å². The van der Waals surface area contributed by atoms with Crippen molar-refractivity contribution in [2.24, 2.45) is 0 Å². The Morgan fingerprint density at radius 2 is 1.74 bits per heavy atom. The minimum Gasteiger partial charge on any atom is -0.505 e. The maximum absolute atomic E-state index is 14.4. The molecule has 1 saturated heterocycles. The third-order valence-electron chi connectivity index (χ3n) is 7.42. The highest BCUT2D eigenvalue weighted by molar-refractivity contribution is 7.89. The summed E-state index contributed by atoms with van der Waals surface area (Å²) in [4.78, 5) is 18.9. The fraction of sp³-hybridized carbons (Fsp3) is 0.357. The molecular formula is C28H29F2N3O4S. The first kappa shape index (κ1) is 26.2. The van der Waals surface area contributed by atoms with Crippen molar-refractivity contribution in [3.05, 3.63) is 83.7 Å². The number of halogens is 2. The van der Waals surface area contributed by atoms with Crippen LogP contribution in [0.1, 0.15) is 55.7 Å². The highest BCUT2D eigenvalue weighted by Gasteiger charge is 2.45. The summed E-state index contributed by atoms with van der Waals surface area (Å²) in [7, 11) is -4.50. The van der Waals surface area contributed by atoms with E-state index in [1.165, 1.54) is 29.7 Å². The topological polar surface area (TPSA) is 90.8 Å². The number of rotatable bonds is 7. The van der Waals surface area contributed by atoms with E-state index in [1.807, 2.05) is 18.3 Å². The average molecular weight is 542 g/mol. The van der Waals surface area contributed by atoms with Crippen LogP contribution < -0.4 is 4.90 Å². The van der Waals surface area contributed by atoms with Crippen molar-refractivity contribution in [1.82, 2.24) is 9.29 Å². The number of aromatic hydroxyl groups is 1. The maximum Gasteiger partial charge on any atom is 0.246 e. The average Bonchev–Trinajstić information content (AvgIpc) is 2.89. The molecule has 7 nitrogen and oxygen atoms in total. The number of aromatic nitrogens is 1. The molecule has 0 radical (unpaired) electrons. The van der Waals surface area contributed by atoms with Crippen LogP contribution in [-0.4, -0.2) is 41.3 Å². The Hall–Kier alpha value is -3.37. The number of amides is 1. The summed E-state index contributed by atoms with van der Waals surface area (Å²) in [5.41, 5.74) is 2.42. The van der Waals surface area contributed by atoms with E-state index in [1.54, 1.807) is 24.3 Å². The monoisotopic (exact) mass is 541 g/mol. The standard InChI is InChI=1S/C28H29F2N3O4S/c29-23-15-24(30)27(16-26(23)34)38(36,37)33-14-13-25(33)28(35)32(22-9-5-2-6-10-22)18-21-12-11-20(17-31-21)19-7-3-1-4-8-19/h2,5-6,9-12,15-17,19,25,34H,1,3-4,7-8,13-14,18H2. The number of para-hydroxylation sites is 1. The van der Waals surface area contributed by atoms with Gasteiger partial charge in [0.05, 0.1) is 12.2 Å². The number of carbonyl (C=O) groups excluding carboxylic acids is 1. The van der Waals surface area contributed by atoms with Gasteiger partial charge in [0.15, 0.2) is 11.6 Å². The molecule has 0 spiro atoms. The zero-order valence-corrected chi connectivity index (χ0v) is 21.6. The number of phenolic OH excluding ortho intramolecular Hbond substituents is 1. The summed E-state index contributed by atoms with van der Waals surface area (Å²) in [5, 5.41) is 9.63. The third kappa shape index (κ3) is 5.15. The molecule has 1 N–H and O–H groups in total. The van der Waals surface area contributed by atoms with Gasteiger partial charge in [0.2, 0.25) is 15.9 Å². The number of hydrogen-bond donors (Lipinski definition) is 1. The van der Waals surface area contributed by atoms with Crippen LogP contribution >= 0.6 is 0 Å². The summed E-state index contributed by atoms with van der Waals surface area (Å²) < 4.78 is 55.2. The van der Waals surface area contributed by atoms with E-state index >= 15 is 0 Å². The van der Waals surface area contributed by atoms with E-state index in [0.717, 1.165) is 17.1 Å². The highest BCUT2D eigenvalue weighted by atomic mass is 32.2. The molecule has 10 heteroatoms. The van der Waals surface area contributed by atoms with E-state index < -0.39 is 44.3 Å². The summed E-state index contributed by atoms with van der Waals surface area (Å²) in [6, 6.07) is 12.6. The van der Waals surface area contributed by atoms with Crippen LogP contribution in [-0.2, 0) is 21.4 Å². The van der Waals surface area contributed by atoms with E-state index in [-0.39, 0.29) is 19.5 Å². The number of carbonyl (C=O) groups is 1. The van der Waals surface area contributed by atoms with E-state index in [2.05, 4.69) is 11.1 Å². The molecule has 200 valence electrons. The van der Waals surface area contributed by atoms with Gasteiger partial charge in [0.25, 0.3) is 0 Å². The van der Waals surface area contributed by atoms with Gasteiger partial charge in [-0.2, -0.15) is 4.31 Å². The fourth-order valence-electron chi connectivity index (χ4n) is 5.19. The number of hydrogen-bond acceptors (Lipinski definition) is 5. The second kappa shape index (κ2) is 10.8. The molecule has 2 aliphatic rings. The SMILES string of the molecule is O=C(C1CCN1S(=O)(=O)c1cc(O)c(F)cc1F)N(Cc1ccc(C2CCCCC2)cn1)c1ccccc1. The van der Waals surface area contributed by atoms with Crippen molar-refractivity contribution in [3.63, 3.8) is 0 Å². The lowest BCUT2D eigenvalue weighted by molar-refractivity contribution is -0.125. The largest absolute Gasteiger partial charge is 0.505 e. The zero-order valence-electron chi connectivity index (χ0n) is 20.8. The van der Waals surface area contributed by atoms with Crippen molar-refractivity contribution in [3.8, 4) is 5.75 Å². The Balaban J connectivity index is 1.39. The van der Waals surface area contributed by atoms with E-state index in [0.29, 0.717) is 29.4 Å². The molecule has 1 aromatic heterocycles. The normalized spacial score (nSPS) is 18.6. The maximum atomic E-state index is 14.4. The smallest absolute Gasteiger partial charge is 0.246 e. The Morgan fingerprint density at radius 1 is 1.00 bits per heavy atom. The van der Waals surface area contributed by atoms with Crippen molar-refractivity contribution in [2.75, 3.05) is 11.4 Å². The van der Waals surface area contributed by atoms with Crippen LogP contribution in [0.3, 0.4) is 0 Å². The van der Waals surface area contributed by atoms with Gasteiger partial charge in [0.1, 0.15) is 16.8 Å². The molecule has 1 amide bonds. The summed E-state index contributed by atoms with van der Waals surface area (Å²) >= 11 is 0. The summed E-state index contributed by atoms with van der Waals surface area (Å²) in [5.74, 6) is -3.56. The molecule has 1 aliphatic carbocycles. The molecule has 3 aromatic rings. The van der Waals surface area contributed by atoms with E-state index in [4.69, 9.17) is 0 Å². The first-order chi connectivity index (χ1) is 18.3. The quantitative estimate of drug-likeness (QED) is 0.449. The number of benzene rings is 2. The molecule has 2 fully saturated rings. The minimum atomic E-state index is -4.50. The molecular weight excluding hydrogens is 512 g/mol. The molecule has 1 saturated carbocycles. The predicted molar refractivity (Wildman–Crippen MR) is 138 cm³/mol. The molecule has 38 heavy (non-hydrogen) atoms. The molecule has 1 atom stereocenters. The van der Waals surface area contributed by atoms with Gasteiger partial charge in [-0.05, 0) is 48.9 Å². The molecule has 1 aliphatic heterocycles. The van der Waals surface area contributed by atoms with Crippen molar-refractivity contribution >= 4 is 21.6 Å². The summed E-state index contributed by atoms with van der Waals surface area (Å²) in [6.45, 7) is 0.122. The van der Waals surface area contributed by atoms with Crippen LogP contribution in [0.2, 0.25) is 0 Å². The van der Waals surface area contributed by atoms with Gasteiger partial charge in [-0.3, -0.25) is 9.78 Å². The molecule has 1 unspecified atom stereocenters. The minimum absolute atomic E-state index is 0.00666. The predicted octanol–water partition coefficient (Wildman–Crippen LogP) is 5.11. The second-order valence-corrected chi connectivity index (χ2v) is 11.7. The van der Waals surface area contributed by atoms with E-state index in [9.17, 15) is 27.1 Å². The van der Waals surface area contributed by atoms with Crippen molar-refractivity contribution in [1.29, 1.82) is 0 Å². The van der Waals surface area contributed by atoms with Gasteiger partial charge in [-0.25, -0.2) is 17.2 Å². The van der Waals surface area contributed by atoms with Crippen molar-refractivity contribution < 1.29 is 27.1 Å². The number of anilines is 1. The summed E-state index contributed by atoms with van der Waals surface area (Å²) in [6.07, 6.45) is 8.09. The van der Waals surface area contributed by atoms with Crippen LogP contribution in [0, 0.1) is 11.6 Å². The Morgan fingerprint density at radius 3 is 2.37 bits per heavy atom. The third-order valence-corrected chi connectivity index (χ3v) is 9.34. The zero-order chi connectivity index (χ0) is 26.9. The Labute approximate surface area is 220 Å².